The number of rotatable bonds is 4. The highest BCUT2D eigenvalue weighted by molar-refractivity contribution is 7.16. The largest absolute Gasteiger partial charge is 0.477 e. The van der Waals surface area contributed by atoms with Crippen LogP contribution in [0.5, 0.6) is 5.88 Å². The maximum absolute atomic E-state index is 12.4. The van der Waals surface area contributed by atoms with E-state index in [1.54, 1.807) is 18.6 Å². The van der Waals surface area contributed by atoms with Crippen molar-refractivity contribution >= 4 is 17.2 Å². The van der Waals surface area contributed by atoms with E-state index < -0.39 is 0 Å². The van der Waals surface area contributed by atoms with Crippen LogP contribution in [0.3, 0.4) is 0 Å². The van der Waals surface area contributed by atoms with Gasteiger partial charge in [0.25, 0.3) is 5.91 Å². The van der Waals surface area contributed by atoms with Gasteiger partial charge in [-0.25, -0.2) is 9.97 Å². The molecule has 1 N–H and O–H groups in total. The molecule has 3 rings (SSSR count). The standard InChI is InChI=1S/C14H17N5O2S/c1-2-21-12-9-16-7-10(18-12)11-8-17-13(22-11)14(20)19-5-3-15-4-6-19/h7-9,15H,2-6H2,1H3. The highest BCUT2D eigenvalue weighted by Gasteiger charge is 2.21. The van der Waals surface area contributed by atoms with Crippen molar-refractivity contribution in [2.75, 3.05) is 32.8 Å². The molecule has 2 aromatic rings. The minimum Gasteiger partial charge on any atom is -0.477 e. The third-order valence-electron chi connectivity index (χ3n) is 3.25. The maximum Gasteiger partial charge on any atom is 0.282 e. The molecule has 3 heterocycles. The second kappa shape index (κ2) is 6.80. The fraction of sp³-hybridized carbons (Fsp3) is 0.429. The molecule has 0 saturated carbocycles. The molecule has 0 bridgehead atoms. The predicted molar refractivity (Wildman–Crippen MR) is 83.1 cm³/mol. The van der Waals surface area contributed by atoms with Crippen LogP contribution < -0.4 is 10.1 Å². The van der Waals surface area contributed by atoms with Crippen LogP contribution in [-0.2, 0) is 0 Å². The van der Waals surface area contributed by atoms with Gasteiger partial charge in [0, 0.05) is 32.4 Å². The van der Waals surface area contributed by atoms with Crippen molar-refractivity contribution < 1.29 is 9.53 Å². The molecule has 1 aliphatic rings. The lowest BCUT2D eigenvalue weighted by Crippen LogP contribution is -2.46. The van der Waals surface area contributed by atoms with E-state index in [-0.39, 0.29) is 5.91 Å². The second-order valence-electron chi connectivity index (χ2n) is 4.75. The molecule has 0 radical (unpaired) electrons. The molecule has 0 spiro atoms. The number of ether oxygens (including phenoxy) is 1. The Bertz CT molecular complexity index is 654. The number of piperazine rings is 1. The van der Waals surface area contributed by atoms with Crippen LogP contribution >= 0.6 is 11.3 Å². The SMILES string of the molecule is CCOc1cncc(-c2cnc(C(=O)N3CCNCC3)s2)n1. The molecule has 7 nitrogen and oxygen atoms in total. The average Bonchev–Trinajstić information content (AvgIpc) is 3.06. The first-order valence-corrected chi connectivity index (χ1v) is 8.00. The summed E-state index contributed by atoms with van der Waals surface area (Å²) in [6.45, 7) is 5.51. The van der Waals surface area contributed by atoms with Crippen LogP contribution in [0.1, 0.15) is 16.7 Å². The molecule has 2 aromatic heterocycles. The summed E-state index contributed by atoms with van der Waals surface area (Å²) in [6, 6.07) is 0. The molecule has 1 fully saturated rings. The number of aromatic nitrogens is 3. The van der Waals surface area contributed by atoms with E-state index in [0.717, 1.165) is 18.0 Å². The van der Waals surface area contributed by atoms with Gasteiger partial charge in [0.1, 0.15) is 5.69 Å². The smallest absolute Gasteiger partial charge is 0.282 e. The first-order valence-electron chi connectivity index (χ1n) is 7.19. The first kappa shape index (κ1) is 14.9. The number of hydrogen-bond donors (Lipinski definition) is 1. The Hall–Kier alpha value is -2.06. The average molecular weight is 319 g/mol. The lowest BCUT2D eigenvalue weighted by atomic mass is 10.3. The van der Waals surface area contributed by atoms with E-state index in [1.165, 1.54) is 11.3 Å². The van der Waals surface area contributed by atoms with E-state index in [4.69, 9.17) is 4.74 Å². The molecule has 0 aliphatic carbocycles. The monoisotopic (exact) mass is 319 g/mol. The van der Waals surface area contributed by atoms with Crippen LogP contribution in [0.25, 0.3) is 10.6 Å². The Kier molecular flexibility index (Phi) is 4.59. The number of carbonyl (C=O) groups excluding carboxylic acids is 1. The summed E-state index contributed by atoms with van der Waals surface area (Å²) in [5.41, 5.74) is 0.669. The van der Waals surface area contributed by atoms with Crippen LogP contribution in [0.4, 0.5) is 0 Å². The Morgan fingerprint density at radius 1 is 1.36 bits per heavy atom. The summed E-state index contributed by atoms with van der Waals surface area (Å²) in [5.74, 6) is 0.454. The van der Waals surface area contributed by atoms with Crippen LogP contribution in [0.2, 0.25) is 0 Å². The molecule has 116 valence electrons. The van der Waals surface area contributed by atoms with Gasteiger partial charge in [0.05, 0.1) is 23.9 Å². The molecule has 8 heteroatoms. The molecule has 0 atom stereocenters. The number of hydrogen-bond acceptors (Lipinski definition) is 7. The summed E-state index contributed by atoms with van der Waals surface area (Å²) in [4.78, 5) is 27.8. The fourth-order valence-electron chi connectivity index (χ4n) is 2.18. The number of nitrogens with one attached hydrogen (secondary N) is 1. The first-order chi connectivity index (χ1) is 10.8. The number of thiazole rings is 1. The number of amides is 1. The van der Waals surface area contributed by atoms with Gasteiger partial charge in [0.15, 0.2) is 5.01 Å². The Labute approximate surface area is 132 Å². The van der Waals surface area contributed by atoms with Gasteiger partial charge in [-0.05, 0) is 6.92 Å². The van der Waals surface area contributed by atoms with Crippen LogP contribution in [0, 0.1) is 0 Å². The lowest BCUT2D eigenvalue weighted by molar-refractivity contribution is 0.0735. The molecule has 0 aromatic carbocycles. The number of carbonyl (C=O) groups is 1. The van der Waals surface area contributed by atoms with Gasteiger partial charge in [0.2, 0.25) is 5.88 Å². The molecular weight excluding hydrogens is 302 g/mol. The molecule has 1 aliphatic heterocycles. The van der Waals surface area contributed by atoms with Crippen molar-refractivity contribution in [3.8, 4) is 16.5 Å². The van der Waals surface area contributed by atoms with Gasteiger partial charge in [-0.3, -0.25) is 9.78 Å². The Balaban J connectivity index is 1.78. The summed E-state index contributed by atoms with van der Waals surface area (Å²) in [7, 11) is 0. The highest BCUT2D eigenvalue weighted by Crippen LogP contribution is 2.26. The van der Waals surface area contributed by atoms with Crippen molar-refractivity contribution in [2.45, 2.75) is 6.92 Å². The highest BCUT2D eigenvalue weighted by atomic mass is 32.1. The summed E-state index contributed by atoms with van der Waals surface area (Å²) in [6.07, 6.45) is 4.88. The van der Waals surface area contributed by atoms with Crippen LogP contribution in [0.15, 0.2) is 18.6 Å². The van der Waals surface area contributed by atoms with Crippen molar-refractivity contribution in [3.63, 3.8) is 0 Å². The zero-order chi connectivity index (χ0) is 15.4. The zero-order valence-electron chi connectivity index (χ0n) is 12.3. The summed E-state index contributed by atoms with van der Waals surface area (Å²) >= 11 is 1.33. The zero-order valence-corrected chi connectivity index (χ0v) is 13.1. The minimum absolute atomic E-state index is 0.0216. The summed E-state index contributed by atoms with van der Waals surface area (Å²) < 4.78 is 5.35. The Morgan fingerprint density at radius 2 is 2.18 bits per heavy atom. The van der Waals surface area contributed by atoms with Crippen molar-refractivity contribution in [1.82, 2.24) is 25.2 Å². The molecule has 0 unspecified atom stereocenters. The third kappa shape index (κ3) is 3.23. The second-order valence-corrected chi connectivity index (χ2v) is 5.78. The quantitative estimate of drug-likeness (QED) is 0.907. The van der Waals surface area contributed by atoms with Gasteiger partial charge in [-0.2, -0.15) is 0 Å². The van der Waals surface area contributed by atoms with Gasteiger partial charge >= 0.3 is 0 Å². The molecule has 1 amide bonds. The van der Waals surface area contributed by atoms with E-state index >= 15 is 0 Å². The van der Waals surface area contributed by atoms with E-state index in [9.17, 15) is 4.79 Å². The van der Waals surface area contributed by atoms with Crippen molar-refractivity contribution in [1.29, 1.82) is 0 Å². The molecule has 1 saturated heterocycles. The molecular formula is C14H17N5O2S. The summed E-state index contributed by atoms with van der Waals surface area (Å²) in [5, 5.41) is 3.71. The van der Waals surface area contributed by atoms with Gasteiger partial charge in [-0.1, -0.05) is 0 Å². The maximum atomic E-state index is 12.4. The molecule has 22 heavy (non-hydrogen) atoms. The fourth-order valence-corrected chi connectivity index (χ4v) is 3.02. The van der Waals surface area contributed by atoms with Crippen molar-refractivity contribution in [3.05, 3.63) is 23.6 Å². The van der Waals surface area contributed by atoms with E-state index in [1.807, 2.05) is 11.8 Å². The predicted octanol–water partition coefficient (Wildman–Crippen LogP) is 1.04. The lowest BCUT2D eigenvalue weighted by Gasteiger charge is -2.26. The van der Waals surface area contributed by atoms with Gasteiger partial charge in [-0.15, -0.1) is 11.3 Å². The number of nitrogens with zero attached hydrogens (tertiary/aromatic N) is 4. The normalized spacial score (nSPS) is 14.9. The Morgan fingerprint density at radius 3 is 2.95 bits per heavy atom. The topological polar surface area (TPSA) is 80.2 Å². The van der Waals surface area contributed by atoms with Crippen LogP contribution in [-0.4, -0.2) is 58.5 Å². The van der Waals surface area contributed by atoms with Crippen molar-refractivity contribution in [2.24, 2.45) is 0 Å². The van der Waals surface area contributed by atoms with E-state index in [2.05, 4.69) is 20.3 Å². The van der Waals surface area contributed by atoms with E-state index in [0.29, 0.717) is 36.3 Å². The van der Waals surface area contributed by atoms with Gasteiger partial charge < -0.3 is 15.0 Å². The third-order valence-corrected chi connectivity index (χ3v) is 4.26. The minimum atomic E-state index is -0.0216.